The van der Waals surface area contributed by atoms with Crippen LogP contribution in [0.5, 0.6) is 0 Å². The maximum Gasteiger partial charge on any atom is 0.144 e. The van der Waals surface area contributed by atoms with Crippen molar-refractivity contribution in [1.82, 2.24) is 4.98 Å². The molecule has 0 spiro atoms. The van der Waals surface area contributed by atoms with E-state index in [0.29, 0.717) is 11.4 Å². The molecule has 2 rings (SSSR count). The van der Waals surface area contributed by atoms with Crippen LogP contribution in [0.3, 0.4) is 0 Å². The van der Waals surface area contributed by atoms with Gasteiger partial charge in [-0.15, -0.1) is 0 Å². The number of para-hydroxylation sites is 1. The summed E-state index contributed by atoms with van der Waals surface area (Å²) in [6.45, 7) is 0.848. The Morgan fingerprint density at radius 3 is 3.00 bits per heavy atom. The molecule has 18 heavy (non-hydrogen) atoms. The Hall–Kier alpha value is -1.73. The van der Waals surface area contributed by atoms with Crippen LogP contribution in [0.1, 0.15) is 12.0 Å². The summed E-state index contributed by atoms with van der Waals surface area (Å²) in [5.41, 5.74) is 1.53. The van der Waals surface area contributed by atoms with Gasteiger partial charge in [0, 0.05) is 11.9 Å². The number of pyridine rings is 1. The predicted octanol–water partition coefficient (Wildman–Crippen LogP) is 3.27. The van der Waals surface area contributed by atoms with Gasteiger partial charge in [-0.1, -0.05) is 18.2 Å². The summed E-state index contributed by atoms with van der Waals surface area (Å²) in [6, 6.07) is 11.9. The van der Waals surface area contributed by atoms with Crippen LogP contribution in [-0.2, 0) is 0 Å². The maximum absolute atomic E-state index is 9.15. The van der Waals surface area contributed by atoms with E-state index < -0.39 is 0 Å². The van der Waals surface area contributed by atoms with E-state index in [1.54, 1.807) is 0 Å². The third kappa shape index (κ3) is 2.93. The molecule has 0 bridgehead atoms. The molecular formula is C14H15N3S. The third-order valence-corrected chi connectivity index (χ3v) is 3.36. The standard InChI is InChI=1S/C14H15N3S/c1-18-8-4-7-16-14-12(10-15)9-11-5-2-3-6-13(11)17-14/h2-3,5-6,9H,4,7-8H2,1H3,(H,16,17). The van der Waals surface area contributed by atoms with E-state index in [4.69, 9.17) is 5.26 Å². The number of hydrogen-bond acceptors (Lipinski definition) is 4. The molecule has 0 atom stereocenters. The minimum Gasteiger partial charge on any atom is -0.369 e. The Labute approximate surface area is 111 Å². The number of rotatable bonds is 5. The van der Waals surface area contributed by atoms with Crippen LogP contribution < -0.4 is 5.32 Å². The Kier molecular flexibility index (Phi) is 4.43. The van der Waals surface area contributed by atoms with Gasteiger partial charge in [0.15, 0.2) is 0 Å². The van der Waals surface area contributed by atoms with E-state index in [9.17, 15) is 0 Å². The first-order chi connectivity index (χ1) is 8.85. The molecule has 0 fully saturated rings. The van der Waals surface area contributed by atoms with Crippen molar-refractivity contribution in [2.24, 2.45) is 0 Å². The lowest BCUT2D eigenvalue weighted by atomic mass is 10.1. The quantitative estimate of drug-likeness (QED) is 0.835. The second kappa shape index (κ2) is 6.27. The van der Waals surface area contributed by atoms with E-state index >= 15 is 0 Å². The Morgan fingerprint density at radius 2 is 2.22 bits per heavy atom. The molecule has 1 aromatic carbocycles. The molecule has 2 aromatic rings. The van der Waals surface area contributed by atoms with Crippen molar-refractivity contribution in [1.29, 1.82) is 5.26 Å². The van der Waals surface area contributed by atoms with E-state index in [1.807, 2.05) is 42.1 Å². The number of nitrogens with one attached hydrogen (secondary N) is 1. The van der Waals surface area contributed by atoms with E-state index in [1.165, 1.54) is 0 Å². The molecule has 0 aliphatic heterocycles. The highest BCUT2D eigenvalue weighted by Crippen LogP contribution is 2.19. The van der Waals surface area contributed by atoms with E-state index in [2.05, 4.69) is 22.6 Å². The van der Waals surface area contributed by atoms with Gasteiger partial charge >= 0.3 is 0 Å². The molecule has 1 N–H and O–H groups in total. The zero-order valence-electron chi connectivity index (χ0n) is 10.3. The lowest BCUT2D eigenvalue weighted by Crippen LogP contribution is -2.06. The topological polar surface area (TPSA) is 48.7 Å². The minimum absolute atomic E-state index is 0.609. The lowest BCUT2D eigenvalue weighted by Gasteiger charge is -2.08. The molecule has 0 radical (unpaired) electrons. The average Bonchev–Trinajstić information content (AvgIpc) is 2.42. The van der Waals surface area contributed by atoms with Crippen LogP contribution in [0.2, 0.25) is 0 Å². The van der Waals surface area contributed by atoms with Crippen molar-refractivity contribution >= 4 is 28.5 Å². The van der Waals surface area contributed by atoms with Crippen molar-refractivity contribution in [2.45, 2.75) is 6.42 Å². The number of fused-ring (bicyclic) bond motifs is 1. The van der Waals surface area contributed by atoms with Crippen molar-refractivity contribution in [2.75, 3.05) is 23.9 Å². The molecule has 1 aromatic heterocycles. The number of nitriles is 1. The molecular weight excluding hydrogens is 242 g/mol. The number of aromatic nitrogens is 1. The molecule has 0 unspecified atom stereocenters. The Morgan fingerprint density at radius 1 is 1.39 bits per heavy atom. The number of hydrogen-bond donors (Lipinski definition) is 1. The average molecular weight is 257 g/mol. The predicted molar refractivity (Wildman–Crippen MR) is 77.9 cm³/mol. The van der Waals surface area contributed by atoms with Crippen LogP contribution in [0.25, 0.3) is 10.9 Å². The van der Waals surface area contributed by atoms with Crippen LogP contribution >= 0.6 is 11.8 Å². The Balaban J connectivity index is 2.23. The van der Waals surface area contributed by atoms with Gasteiger partial charge in [0.05, 0.1) is 11.1 Å². The second-order valence-corrected chi connectivity index (χ2v) is 4.95. The fraction of sp³-hybridized carbons (Fsp3) is 0.286. The van der Waals surface area contributed by atoms with E-state index in [-0.39, 0.29) is 0 Å². The van der Waals surface area contributed by atoms with Gasteiger partial charge < -0.3 is 5.32 Å². The van der Waals surface area contributed by atoms with Gasteiger partial charge in [-0.05, 0) is 30.6 Å². The molecule has 0 aliphatic rings. The molecule has 1 heterocycles. The first kappa shape index (κ1) is 12.7. The van der Waals surface area contributed by atoms with Gasteiger partial charge in [-0.25, -0.2) is 4.98 Å². The van der Waals surface area contributed by atoms with Gasteiger partial charge in [0.1, 0.15) is 11.9 Å². The third-order valence-electron chi connectivity index (χ3n) is 2.66. The zero-order valence-corrected chi connectivity index (χ0v) is 11.1. The summed E-state index contributed by atoms with van der Waals surface area (Å²) in [6.07, 6.45) is 3.16. The smallest absolute Gasteiger partial charge is 0.144 e. The SMILES string of the molecule is CSCCCNc1nc2ccccc2cc1C#N. The van der Waals surface area contributed by atoms with Gasteiger partial charge in [0.25, 0.3) is 0 Å². The fourth-order valence-electron chi connectivity index (χ4n) is 1.76. The van der Waals surface area contributed by atoms with Crippen molar-refractivity contribution in [3.05, 3.63) is 35.9 Å². The summed E-state index contributed by atoms with van der Waals surface area (Å²) < 4.78 is 0. The summed E-state index contributed by atoms with van der Waals surface area (Å²) in [5.74, 6) is 1.81. The van der Waals surface area contributed by atoms with Crippen molar-refractivity contribution in [3.8, 4) is 6.07 Å². The van der Waals surface area contributed by atoms with E-state index in [0.717, 1.165) is 29.6 Å². The number of anilines is 1. The molecule has 0 saturated heterocycles. The van der Waals surface area contributed by atoms with Crippen LogP contribution in [0.4, 0.5) is 5.82 Å². The van der Waals surface area contributed by atoms with Gasteiger partial charge in [-0.2, -0.15) is 17.0 Å². The number of benzene rings is 1. The largest absolute Gasteiger partial charge is 0.369 e. The van der Waals surface area contributed by atoms with Gasteiger partial charge in [0.2, 0.25) is 0 Å². The highest BCUT2D eigenvalue weighted by molar-refractivity contribution is 7.98. The van der Waals surface area contributed by atoms with Crippen LogP contribution in [0.15, 0.2) is 30.3 Å². The monoisotopic (exact) mass is 257 g/mol. The molecule has 92 valence electrons. The molecule has 4 heteroatoms. The van der Waals surface area contributed by atoms with Crippen LogP contribution in [-0.4, -0.2) is 23.5 Å². The molecule has 0 amide bonds. The van der Waals surface area contributed by atoms with Crippen molar-refractivity contribution in [3.63, 3.8) is 0 Å². The Bertz CT molecular complexity index is 575. The van der Waals surface area contributed by atoms with Crippen molar-refractivity contribution < 1.29 is 0 Å². The summed E-state index contributed by atoms with van der Waals surface area (Å²) >= 11 is 1.82. The maximum atomic E-state index is 9.15. The van der Waals surface area contributed by atoms with Gasteiger partial charge in [-0.3, -0.25) is 0 Å². The second-order valence-electron chi connectivity index (χ2n) is 3.96. The number of thioether (sulfide) groups is 1. The fourth-order valence-corrected chi connectivity index (χ4v) is 2.19. The van der Waals surface area contributed by atoms with Crippen LogP contribution in [0, 0.1) is 11.3 Å². The molecule has 3 nitrogen and oxygen atoms in total. The first-order valence-corrected chi connectivity index (χ1v) is 7.27. The summed E-state index contributed by atoms with van der Waals surface area (Å²) in [5, 5.41) is 13.4. The molecule has 0 saturated carbocycles. The normalized spacial score (nSPS) is 10.2. The zero-order chi connectivity index (χ0) is 12.8. The summed E-state index contributed by atoms with van der Waals surface area (Å²) in [4.78, 5) is 4.50. The first-order valence-electron chi connectivity index (χ1n) is 5.88. The highest BCUT2D eigenvalue weighted by atomic mass is 32.2. The molecule has 0 aliphatic carbocycles. The highest BCUT2D eigenvalue weighted by Gasteiger charge is 2.05. The lowest BCUT2D eigenvalue weighted by molar-refractivity contribution is 0.983. The summed E-state index contributed by atoms with van der Waals surface area (Å²) in [7, 11) is 0. The number of nitrogens with zero attached hydrogens (tertiary/aromatic N) is 2. The minimum atomic E-state index is 0.609.